The van der Waals surface area contributed by atoms with Gasteiger partial charge in [-0.3, -0.25) is 9.69 Å². The van der Waals surface area contributed by atoms with Crippen LogP contribution in [0.1, 0.15) is 40.0 Å². The van der Waals surface area contributed by atoms with Crippen molar-refractivity contribution in [3.63, 3.8) is 0 Å². The van der Waals surface area contributed by atoms with Crippen molar-refractivity contribution in [3.05, 3.63) is 0 Å². The number of fused-ring (bicyclic) bond motifs is 2. The van der Waals surface area contributed by atoms with Crippen molar-refractivity contribution in [2.45, 2.75) is 57.7 Å². The molecule has 2 bridgehead atoms. The maximum atomic E-state index is 12.1. The molecule has 2 fully saturated rings. The van der Waals surface area contributed by atoms with E-state index in [0.717, 1.165) is 12.8 Å². The van der Waals surface area contributed by atoms with Gasteiger partial charge in [-0.1, -0.05) is 0 Å². The van der Waals surface area contributed by atoms with Crippen LogP contribution >= 0.6 is 0 Å². The smallest absolute Gasteiger partial charge is 0.410 e. The maximum Gasteiger partial charge on any atom is 0.410 e. The lowest BCUT2D eigenvalue weighted by molar-refractivity contribution is -0.121. The molecule has 2 rings (SSSR count). The van der Waals surface area contributed by atoms with Gasteiger partial charge in [-0.05, 0) is 33.6 Å². The molecule has 96 valence electrons. The van der Waals surface area contributed by atoms with E-state index in [0.29, 0.717) is 13.0 Å². The zero-order valence-electron chi connectivity index (χ0n) is 10.7. The molecule has 2 aliphatic heterocycles. The highest BCUT2D eigenvalue weighted by molar-refractivity contribution is 5.79. The van der Waals surface area contributed by atoms with Gasteiger partial charge < -0.3 is 10.1 Å². The minimum absolute atomic E-state index is 0.0114. The summed E-state index contributed by atoms with van der Waals surface area (Å²) in [6.45, 7) is 6.12. The zero-order chi connectivity index (χ0) is 12.6. The lowest BCUT2D eigenvalue weighted by Gasteiger charge is -2.30. The fraction of sp³-hybridized carbons (Fsp3) is 0.833. The average molecular weight is 240 g/mol. The van der Waals surface area contributed by atoms with E-state index in [1.165, 1.54) is 0 Å². The van der Waals surface area contributed by atoms with E-state index < -0.39 is 5.60 Å². The molecule has 2 saturated heterocycles. The highest BCUT2D eigenvalue weighted by Crippen LogP contribution is 2.29. The van der Waals surface area contributed by atoms with Gasteiger partial charge in [0.25, 0.3) is 0 Å². The van der Waals surface area contributed by atoms with Crippen molar-refractivity contribution in [1.82, 2.24) is 10.2 Å². The van der Waals surface area contributed by atoms with E-state index in [2.05, 4.69) is 5.32 Å². The monoisotopic (exact) mass is 240 g/mol. The molecule has 0 saturated carbocycles. The molecular weight excluding hydrogens is 220 g/mol. The standard InChI is InChI=1S/C12H20N2O3/c1-12(2,3)17-11(16)14-8-4-5-9(14)7-13-10(15)6-8/h8-9H,4-7H2,1-3H3,(H,13,15)/t8-,9+/m1/s1. The van der Waals surface area contributed by atoms with Crippen LogP contribution in [0.2, 0.25) is 0 Å². The van der Waals surface area contributed by atoms with Crippen LogP contribution in [0, 0.1) is 0 Å². The lowest BCUT2D eigenvalue weighted by atomic mass is 10.1. The Balaban J connectivity index is 2.09. The minimum Gasteiger partial charge on any atom is -0.444 e. The minimum atomic E-state index is -0.486. The molecule has 5 nitrogen and oxygen atoms in total. The van der Waals surface area contributed by atoms with E-state index in [-0.39, 0.29) is 24.1 Å². The van der Waals surface area contributed by atoms with Gasteiger partial charge in [-0.15, -0.1) is 0 Å². The third-order valence-electron chi connectivity index (χ3n) is 3.18. The van der Waals surface area contributed by atoms with Gasteiger partial charge in [-0.2, -0.15) is 0 Å². The molecular formula is C12H20N2O3. The van der Waals surface area contributed by atoms with E-state index >= 15 is 0 Å². The average Bonchev–Trinajstić information content (AvgIpc) is 2.45. The summed E-state index contributed by atoms with van der Waals surface area (Å²) < 4.78 is 5.40. The Bertz CT molecular complexity index is 335. The van der Waals surface area contributed by atoms with Gasteiger partial charge in [0.1, 0.15) is 5.60 Å². The van der Waals surface area contributed by atoms with Gasteiger partial charge >= 0.3 is 6.09 Å². The van der Waals surface area contributed by atoms with Crippen molar-refractivity contribution in [2.24, 2.45) is 0 Å². The first-order valence-corrected chi connectivity index (χ1v) is 6.15. The first kappa shape index (κ1) is 12.2. The summed E-state index contributed by atoms with van der Waals surface area (Å²) in [6, 6.07) is 0.110. The topological polar surface area (TPSA) is 58.6 Å². The molecule has 2 heterocycles. The molecule has 2 amide bonds. The number of amides is 2. The third kappa shape index (κ3) is 2.70. The SMILES string of the molecule is CC(C)(C)OC(=O)N1[C@@H]2CC[C@H]1CNC(=O)C2. The zero-order valence-corrected chi connectivity index (χ0v) is 10.7. The van der Waals surface area contributed by atoms with Crippen LogP contribution in [0.25, 0.3) is 0 Å². The summed E-state index contributed by atoms with van der Waals surface area (Å²) >= 11 is 0. The molecule has 0 aromatic heterocycles. The van der Waals surface area contributed by atoms with Crippen molar-refractivity contribution >= 4 is 12.0 Å². The predicted molar refractivity (Wildman–Crippen MR) is 62.5 cm³/mol. The fourth-order valence-corrected chi connectivity index (χ4v) is 2.49. The first-order chi connectivity index (χ1) is 7.87. The number of hydrogen-bond donors (Lipinski definition) is 1. The summed E-state index contributed by atoms with van der Waals surface area (Å²) in [5.41, 5.74) is -0.486. The van der Waals surface area contributed by atoms with Gasteiger partial charge in [0.15, 0.2) is 0 Å². The molecule has 0 aromatic carbocycles. The van der Waals surface area contributed by atoms with Gasteiger partial charge in [0.05, 0.1) is 6.04 Å². The summed E-state index contributed by atoms with van der Waals surface area (Å²) in [5, 5.41) is 2.84. The summed E-state index contributed by atoms with van der Waals surface area (Å²) in [4.78, 5) is 25.3. The van der Waals surface area contributed by atoms with Crippen LogP contribution in [0.3, 0.4) is 0 Å². The quantitative estimate of drug-likeness (QED) is 0.693. The van der Waals surface area contributed by atoms with Crippen LogP contribution in [-0.4, -0.2) is 41.1 Å². The highest BCUT2D eigenvalue weighted by Gasteiger charge is 2.42. The number of nitrogens with one attached hydrogen (secondary N) is 1. The second-order valence-electron chi connectivity index (χ2n) is 5.78. The van der Waals surface area contributed by atoms with Crippen molar-refractivity contribution in [3.8, 4) is 0 Å². The van der Waals surface area contributed by atoms with E-state index in [1.54, 1.807) is 4.90 Å². The van der Waals surface area contributed by atoms with Crippen LogP contribution in [-0.2, 0) is 9.53 Å². The molecule has 0 aromatic rings. The predicted octanol–water partition coefficient (Wildman–Crippen LogP) is 1.27. The second-order valence-corrected chi connectivity index (χ2v) is 5.78. The van der Waals surface area contributed by atoms with Gasteiger partial charge in [0, 0.05) is 19.0 Å². The molecule has 2 aliphatic rings. The highest BCUT2D eigenvalue weighted by atomic mass is 16.6. The summed E-state index contributed by atoms with van der Waals surface area (Å²) in [7, 11) is 0. The van der Waals surface area contributed by atoms with Crippen LogP contribution < -0.4 is 5.32 Å². The molecule has 0 spiro atoms. The van der Waals surface area contributed by atoms with E-state index in [1.807, 2.05) is 20.8 Å². The normalized spacial score (nSPS) is 28.6. The van der Waals surface area contributed by atoms with E-state index in [4.69, 9.17) is 4.74 Å². The second kappa shape index (κ2) is 4.20. The van der Waals surface area contributed by atoms with Gasteiger partial charge in [0.2, 0.25) is 5.91 Å². The Morgan fingerprint density at radius 2 is 2.00 bits per heavy atom. The summed E-state index contributed by atoms with van der Waals surface area (Å²) in [5.74, 6) is 0.0331. The van der Waals surface area contributed by atoms with Crippen LogP contribution in [0.15, 0.2) is 0 Å². The molecule has 2 atom stereocenters. The number of ether oxygens (including phenoxy) is 1. The fourth-order valence-electron chi connectivity index (χ4n) is 2.49. The number of rotatable bonds is 0. The van der Waals surface area contributed by atoms with E-state index in [9.17, 15) is 9.59 Å². The largest absolute Gasteiger partial charge is 0.444 e. The number of nitrogens with zero attached hydrogens (tertiary/aromatic N) is 1. The first-order valence-electron chi connectivity index (χ1n) is 6.15. The Morgan fingerprint density at radius 1 is 1.35 bits per heavy atom. The molecule has 1 N–H and O–H groups in total. The molecule has 5 heteroatoms. The number of hydrogen-bond acceptors (Lipinski definition) is 3. The molecule has 0 unspecified atom stereocenters. The Hall–Kier alpha value is -1.26. The molecule has 0 radical (unpaired) electrons. The van der Waals surface area contributed by atoms with Crippen molar-refractivity contribution < 1.29 is 14.3 Å². The number of carbonyl (C=O) groups is 2. The molecule has 17 heavy (non-hydrogen) atoms. The van der Waals surface area contributed by atoms with Crippen LogP contribution in [0.4, 0.5) is 4.79 Å². The Morgan fingerprint density at radius 3 is 2.65 bits per heavy atom. The van der Waals surface area contributed by atoms with Crippen LogP contribution in [0.5, 0.6) is 0 Å². The van der Waals surface area contributed by atoms with Crippen molar-refractivity contribution in [2.75, 3.05) is 6.54 Å². The third-order valence-corrected chi connectivity index (χ3v) is 3.18. The van der Waals surface area contributed by atoms with Gasteiger partial charge in [-0.25, -0.2) is 4.79 Å². The molecule has 0 aliphatic carbocycles. The maximum absolute atomic E-state index is 12.1. The Kier molecular flexibility index (Phi) is 3.02. The Labute approximate surface area is 101 Å². The lowest BCUT2D eigenvalue weighted by Crippen LogP contribution is -2.45. The number of carbonyl (C=O) groups excluding carboxylic acids is 2. The summed E-state index contributed by atoms with van der Waals surface area (Å²) in [6.07, 6.45) is 1.96. The van der Waals surface area contributed by atoms with Crippen molar-refractivity contribution in [1.29, 1.82) is 0 Å².